The third kappa shape index (κ3) is 5.07. The molecule has 1 heterocycles. The maximum atomic E-state index is 13.0. The largest absolute Gasteiger partial charge is 0.417 e. The van der Waals surface area contributed by atoms with Gasteiger partial charge in [-0.15, -0.1) is 0 Å². The summed E-state index contributed by atoms with van der Waals surface area (Å²) in [7, 11) is 0. The lowest BCUT2D eigenvalue weighted by Gasteiger charge is -2.13. The number of aromatic nitrogens is 2. The second-order valence-corrected chi connectivity index (χ2v) is 7.23. The van der Waals surface area contributed by atoms with E-state index in [2.05, 4.69) is 21.2 Å². The lowest BCUT2D eigenvalue weighted by molar-refractivity contribution is -0.138. The number of carbonyl (C=O) groups excluding carboxylic acids is 1. The summed E-state index contributed by atoms with van der Waals surface area (Å²) in [6, 6.07) is 13.4. The van der Waals surface area contributed by atoms with E-state index in [0.29, 0.717) is 0 Å². The van der Waals surface area contributed by atoms with E-state index in [1.807, 2.05) is 6.07 Å². The molecule has 2 aromatic carbocycles. The van der Waals surface area contributed by atoms with Crippen molar-refractivity contribution < 1.29 is 18.0 Å². The average Bonchev–Trinajstić information content (AvgIpc) is 2.69. The van der Waals surface area contributed by atoms with Crippen LogP contribution in [0.25, 0.3) is 0 Å². The van der Waals surface area contributed by atoms with E-state index in [0.717, 1.165) is 28.3 Å². The van der Waals surface area contributed by atoms with Crippen molar-refractivity contribution in [2.24, 2.45) is 0 Å². The number of hydrogen-bond acceptors (Lipinski definition) is 3. The van der Waals surface area contributed by atoms with Crippen molar-refractivity contribution in [3.63, 3.8) is 0 Å². The molecule has 1 amide bonds. The first-order chi connectivity index (χ1) is 14.1. The van der Waals surface area contributed by atoms with Gasteiger partial charge in [-0.3, -0.25) is 18.7 Å². The highest BCUT2D eigenvalue weighted by atomic mass is 79.9. The monoisotopic (exact) mass is 481 g/mol. The summed E-state index contributed by atoms with van der Waals surface area (Å²) in [5.41, 5.74) is -1.63. The molecule has 0 fully saturated rings. The highest BCUT2D eigenvalue weighted by Crippen LogP contribution is 2.36. The van der Waals surface area contributed by atoms with Gasteiger partial charge in [-0.2, -0.15) is 13.2 Å². The van der Waals surface area contributed by atoms with Crippen LogP contribution in [0.15, 0.2) is 74.9 Å². The molecule has 3 rings (SSSR count). The van der Waals surface area contributed by atoms with Gasteiger partial charge in [-0.05, 0) is 23.8 Å². The predicted molar refractivity (Wildman–Crippen MR) is 108 cm³/mol. The van der Waals surface area contributed by atoms with Gasteiger partial charge in [0.15, 0.2) is 0 Å². The minimum atomic E-state index is -4.61. The molecule has 0 radical (unpaired) electrons. The predicted octanol–water partition coefficient (Wildman–Crippen LogP) is 3.48. The third-order valence-corrected chi connectivity index (χ3v) is 4.88. The maximum absolute atomic E-state index is 13.0. The first-order valence-corrected chi connectivity index (χ1v) is 9.45. The second kappa shape index (κ2) is 8.70. The fraction of sp³-hybridized carbons (Fsp3) is 0.150. The van der Waals surface area contributed by atoms with Crippen LogP contribution in [0.5, 0.6) is 0 Å². The van der Waals surface area contributed by atoms with Crippen molar-refractivity contribution in [1.29, 1.82) is 0 Å². The van der Waals surface area contributed by atoms with Crippen LogP contribution >= 0.6 is 15.9 Å². The Labute approximate surface area is 176 Å². The molecule has 1 aromatic heterocycles. The summed E-state index contributed by atoms with van der Waals surface area (Å²) in [5.74, 6) is -0.804. The second-order valence-electron chi connectivity index (χ2n) is 6.38. The summed E-state index contributed by atoms with van der Waals surface area (Å²) >= 11 is 2.82. The highest BCUT2D eigenvalue weighted by molar-refractivity contribution is 9.10. The van der Waals surface area contributed by atoms with Crippen molar-refractivity contribution in [3.05, 3.63) is 97.2 Å². The van der Waals surface area contributed by atoms with E-state index >= 15 is 0 Å². The quantitative estimate of drug-likeness (QED) is 0.606. The van der Waals surface area contributed by atoms with E-state index in [-0.39, 0.29) is 16.7 Å². The molecule has 3 aromatic rings. The zero-order chi connectivity index (χ0) is 21.9. The van der Waals surface area contributed by atoms with E-state index in [9.17, 15) is 27.6 Å². The number of alkyl halides is 3. The number of halogens is 4. The molecule has 0 unspecified atom stereocenters. The molecule has 0 aliphatic rings. The minimum absolute atomic E-state index is 0.107. The van der Waals surface area contributed by atoms with Crippen LogP contribution in [0.1, 0.15) is 11.1 Å². The number of nitrogens with zero attached hydrogens (tertiary/aromatic N) is 2. The third-order valence-electron chi connectivity index (χ3n) is 4.19. The Kier molecular flexibility index (Phi) is 6.25. The van der Waals surface area contributed by atoms with Crippen LogP contribution in [0.4, 0.5) is 18.9 Å². The van der Waals surface area contributed by atoms with E-state index in [4.69, 9.17) is 0 Å². The smallest absolute Gasteiger partial charge is 0.325 e. The van der Waals surface area contributed by atoms with Gasteiger partial charge in [-0.1, -0.05) is 46.3 Å². The lowest BCUT2D eigenvalue weighted by atomic mass is 10.2. The Hall–Kier alpha value is -3.14. The van der Waals surface area contributed by atoms with Gasteiger partial charge < -0.3 is 5.32 Å². The van der Waals surface area contributed by atoms with E-state index in [1.54, 1.807) is 24.3 Å². The number of benzene rings is 2. The molecule has 0 saturated heterocycles. The number of nitrogens with one attached hydrogen (secondary N) is 1. The van der Waals surface area contributed by atoms with Crippen molar-refractivity contribution in [1.82, 2.24) is 9.13 Å². The standard InChI is InChI=1S/C20H15BrF3N3O3/c21-16-7-6-14(10-15(16)20(22,23)24)25-17(28)12-27-18(29)8-9-26(19(27)30)11-13-4-2-1-3-5-13/h1-10H,11-12H2,(H,25,28). The van der Waals surface area contributed by atoms with Gasteiger partial charge in [-0.25, -0.2) is 4.79 Å². The number of carbonyl (C=O) groups is 1. The van der Waals surface area contributed by atoms with E-state index in [1.165, 1.54) is 16.8 Å². The summed E-state index contributed by atoms with van der Waals surface area (Å²) in [4.78, 5) is 37.0. The summed E-state index contributed by atoms with van der Waals surface area (Å²) in [5, 5.41) is 2.29. The van der Waals surface area contributed by atoms with Gasteiger partial charge in [0.25, 0.3) is 5.56 Å². The molecule has 30 heavy (non-hydrogen) atoms. The van der Waals surface area contributed by atoms with Crippen LogP contribution in [0.3, 0.4) is 0 Å². The minimum Gasteiger partial charge on any atom is -0.325 e. The Morgan fingerprint density at radius 2 is 1.73 bits per heavy atom. The maximum Gasteiger partial charge on any atom is 0.417 e. The molecule has 10 heteroatoms. The van der Waals surface area contributed by atoms with Crippen molar-refractivity contribution >= 4 is 27.5 Å². The molecule has 0 spiro atoms. The van der Waals surface area contributed by atoms with Gasteiger partial charge in [0.05, 0.1) is 12.1 Å². The first kappa shape index (κ1) is 21.6. The first-order valence-electron chi connectivity index (χ1n) is 8.66. The van der Waals surface area contributed by atoms with Crippen LogP contribution in [-0.2, 0) is 24.1 Å². The Balaban J connectivity index is 1.81. The molecule has 0 aliphatic carbocycles. The lowest BCUT2D eigenvalue weighted by Crippen LogP contribution is -2.41. The average molecular weight is 482 g/mol. The fourth-order valence-electron chi connectivity index (χ4n) is 2.77. The number of anilines is 1. The van der Waals surface area contributed by atoms with Gasteiger partial charge in [0, 0.05) is 22.4 Å². The highest BCUT2D eigenvalue weighted by Gasteiger charge is 2.33. The van der Waals surface area contributed by atoms with Gasteiger partial charge >= 0.3 is 11.9 Å². The Morgan fingerprint density at radius 1 is 1.03 bits per heavy atom. The van der Waals surface area contributed by atoms with Crippen LogP contribution in [0, 0.1) is 0 Å². The zero-order valence-electron chi connectivity index (χ0n) is 15.3. The summed E-state index contributed by atoms with van der Waals surface area (Å²) in [6.07, 6.45) is -3.28. The van der Waals surface area contributed by atoms with Crippen molar-refractivity contribution in [3.8, 4) is 0 Å². The number of amides is 1. The SMILES string of the molecule is O=C(Cn1c(=O)ccn(Cc2ccccc2)c1=O)Nc1ccc(Br)c(C(F)(F)F)c1. The number of rotatable bonds is 5. The Morgan fingerprint density at radius 3 is 2.40 bits per heavy atom. The van der Waals surface area contributed by atoms with Gasteiger partial charge in [0.2, 0.25) is 5.91 Å². The van der Waals surface area contributed by atoms with Crippen LogP contribution in [0.2, 0.25) is 0 Å². The molecule has 0 bridgehead atoms. The molecule has 0 saturated carbocycles. The molecule has 1 N–H and O–H groups in total. The molecule has 0 aliphatic heterocycles. The zero-order valence-corrected chi connectivity index (χ0v) is 16.9. The van der Waals surface area contributed by atoms with Crippen LogP contribution in [-0.4, -0.2) is 15.0 Å². The number of hydrogen-bond donors (Lipinski definition) is 1. The van der Waals surface area contributed by atoms with Gasteiger partial charge in [0.1, 0.15) is 6.54 Å². The van der Waals surface area contributed by atoms with Crippen LogP contribution < -0.4 is 16.6 Å². The fourth-order valence-corrected chi connectivity index (χ4v) is 3.24. The molecule has 156 valence electrons. The Bertz CT molecular complexity index is 1190. The van der Waals surface area contributed by atoms with Crippen molar-refractivity contribution in [2.75, 3.05) is 5.32 Å². The normalized spacial score (nSPS) is 11.3. The van der Waals surface area contributed by atoms with E-state index < -0.39 is 35.4 Å². The van der Waals surface area contributed by atoms with Crippen molar-refractivity contribution in [2.45, 2.75) is 19.3 Å². The summed E-state index contributed by atoms with van der Waals surface area (Å²) < 4.78 is 40.9. The topological polar surface area (TPSA) is 73.1 Å². The molecule has 0 atom stereocenters. The summed E-state index contributed by atoms with van der Waals surface area (Å²) in [6.45, 7) is -0.437. The molecular formula is C20H15BrF3N3O3. The molecule has 6 nitrogen and oxygen atoms in total. The molecular weight excluding hydrogens is 467 g/mol.